The molecule has 35 heavy (non-hydrogen) atoms. The van der Waals surface area contributed by atoms with Crippen molar-refractivity contribution in [2.24, 2.45) is 5.92 Å². The fourth-order valence-electron chi connectivity index (χ4n) is 5.05. The third kappa shape index (κ3) is 5.82. The van der Waals surface area contributed by atoms with Crippen molar-refractivity contribution in [1.29, 1.82) is 0 Å². The van der Waals surface area contributed by atoms with Crippen LogP contribution in [-0.4, -0.2) is 56.1 Å². The van der Waals surface area contributed by atoms with Crippen molar-refractivity contribution in [2.45, 2.75) is 31.8 Å². The molecule has 0 radical (unpaired) electrons. The van der Waals surface area contributed by atoms with Gasteiger partial charge in [0.2, 0.25) is 0 Å². The van der Waals surface area contributed by atoms with Crippen LogP contribution >= 0.6 is 11.6 Å². The van der Waals surface area contributed by atoms with Crippen LogP contribution in [-0.2, 0) is 13.0 Å². The molecular weight excluding hydrogens is 464 g/mol. The van der Waals surface area contributed by atoms with E-state index in [1.54, 1.807) is 26.4 Å². The van der Waals surface area contributed by atoms with Crippen molar-refractivity contribution in [3.8, 4) is 11.5 Å². The fourth-order valence-corrected chi connectivity index (χ4v) is 5.26. The van der Waals surface area contributed by atoms with Crippen molar-refractivity contribution >= 4 is 17.5 Å². The first-order chi connectivity index (χ1) is 17.0. The van der Waals surface area contributed by atoms with Crippen LogP contribution in [0.25, 0.3) is 0 Å². The molecule has 1 aromatic heterocycles. The Labute approximate surface area is 212 Å². The number of rotatable bonds is 9. The number of para-hydroxylation sites is 1. The standard InChI is InChI=1S/C28H33ClN2O4/c1-30(28(32)26-12-7-17-35-26)24(18-21-8-4-5-10-23(21)29)20-13-15-31(16-14-20)19-22-9-6-11-25(33-2)27(22)34-3/h4-12,17,20,24H,13-16,18-19H2,1-3H3. The number of hydrogen-bond acceptors (Lipinski definition) is 5. The molecule has 2 aromatic carbocycles. The summed E-state index contributed by atoms with van der Waals surface area (Å²) in [5.74, 6) is 2.14. The second-order valence-electron chi connectivity index (χ2n) is 9.02. The number of benzene rings is 2. The fraction of sp³-hybridized carbons (Fsp3) is 0.393. The van der Waals surface area contributed by atoms with Gasteiger partial charge in [-0.25, -0.2) is 0 Å². The maximum absolute atomic E-state index is 13.2. The van der Waals surface area contributed by atoms with Gasteiger partial charge in [0.15, 0.2) is 17.3 Å². The number of likely N-dealkylation sites (N-methyl/N-ethyl adjacent to an activating group) is 1. The summed E-state index contributed by atoms with van der Waals surface area (Å²) in [4.78, 5) is 17.4. The number of nitrogens with zero attached hydrogens (tertiary/aromatic N) is 2. The number of ether oxygens (including phenoxy) is 2. The summed E-state index contributed by atoms with van der Waals surface area (Å²) < 4.78 is 16.5. The van der Waals surface area contributed by atoms with Crippen LogP contribution in [0, 0.1) is 5.92 Å². The average molecular weight is 497 g/mol. The molecule has 1 atom stereocenters. The smallest absolute Gasteiger partial charge is 0.289 e. The van der Waals surface area contributed by atoms with Gasteiger partial charge in [-0.15, -0.1) is 0 Å². The molecule has 0 aliphatic carbocycles. The van der Waals surface area contributed by atoms with Crippen LogP contribution in [0.3, 0.4) is 0 Å². The van der Waals surface area contributed by atoms with Gasteiger partial charge >= 0.3 is 0 Å². The van der Waals surface area contributed by atoms with E-state index in [-0.39, 0.29) is 11.9 Å². The Morgan fingerprint density at radius 1 is 1.06 bits per heavy atom. The Morgan fingerprint density at radius 2 is 1.80 bits per heavy atom. The van der Waals surface area contributed by atoms with E-state index in [9.17, 15) is 4.79 Å². The summed E-state index contributed by atoms with van der Waals surface area (Å²) in [7, 11) is 5.21. The van der Waals surface area contributed by atoms with Crippen molar-refractivity contribution in [3.63, 3.8) is 0 Å². The Hall–Kier alpha value is -2.96. The number of likely N-dealkylation sites (tertiary alicyclic amines) is 1. The van der Waals surface area contributed by atoms with Crippen LogP contribution in [0.2, 0.25) is 5.02 Å². The van der Waals surface area contributed by atoms with E-state index < -0.39 is 0 Å². The number of amides is 1. The number of furan rings is 1. The zero-order chi connectivity index (χ0) is 24.8. The molecule has 1 amide bonds. The van der Waals surface area contributed by atoms with Crippen molar-refractivity contribution in [3.05, 3.63) is 82.8 Å². The normalized spacial score (nSPS) is 15.5. The summed E-state index contributed by atoms with van der Waals surface area (Å²) >= 11 is 6.51. The predicted octanol–water partition coefficient (Wildman–Crippen LogP) is 5.55. The lowest BCUT2D eigenvalue weighted by Crippen LogP contribution is -2.47. The third-order valence-corrected chi connectivity index (χ3v) is 7.36. The summed E-state index contributed by atoms with van der Waals surface area (Å²) in [6.07, 6.45) is 4.21. The van der Waals surface area contributed by atoms with Gasteiger partial charge in [0.25, 0.3) is 5.91 Å². The number of carbonyl (C=O) groups is 1. The monoisotopic (exact) mass is 496 g/mol. The van der Waals surface area contributed by atoms with Crippen LogP contribution in [0.15, 0.2) is 65.3 Å². The van der Waals surface area contributed by atoms with Crippen LogP contribution in [0.4, 0.5) is 0 Å². The highest BCUT2D eigenvalue weighted by Crippen LogP contribution is 2.34. The summed E-state index contributed by atoms with van der Waals surface area (Å²) in [5.41, 5.74) is 2.17. The number of hydrogen-bond donors (Lipinski definition) is 0. The lowest BCUT2D eigenvalue weighted by molar-refractivity contribution is 0.0555. The van der Waals surface area contributed by atoms with E-state index in [0.29, 0.717) is 18.1 Å². The zero-order valence-corrected chi connectivity index (χ0v) is 21.3. The van der Waals surface area contributed by atoms with Gasteiger partial charge in [-0.2, -0.15) is 0 Å². The molecule has 1 aliphatic rings. The highest BCUT2D eigenvalue weighted by molar-refractivity contribution is 6.31. The molecule has 1 fully saturated rings. The molecule has 3 aromatic rings. The van der Waals surface area contributed by atoms with Gasteiger partial charge in [-0.1, -0.05) is 41.9 Å². The van der Waals surface area contributed by atoms with Crippen LogP contribution in [0.1, 0.15) is 34.5 Å². The molecular formula is C28H33ClN2O4. The number of halogens is 1. The second kappa shape index (κ2) is 11.6. The summed E-state index contributed by atoms with van der Waals surface area (Å²) in [5, 5.41) is 0.735. The molecule has 0 saturated carbocycles. The maximum Gasteiger partial charge on any atom is 0.289 e. The quantitative estimate of drug-likeness (QED) is 0.389. The minimum atomic E-state index is -0.101. The topological polar surface area (TPSA) is 55.2 Å². The molecule has 0 bridgehead atoms. The Bertz CT molecular complexity index is 1110. The van der Waals surface area contributed by atoms with Gasteiger partial charge in [-0.05, 0) is 68.1 Å². The molecule has 1 aliphatic heterocycles. The third-order valence-electron chi connectivity index (χ3n) is 6.99. The molecule has 186 valence electrons. The molecule has 0 spiro atoms. The molecule has 7 heteroatoms. The molecule has 4 rings (SSSR count). The van der Waals surface area contributed by atoms with Crippen molar-refractivity contribution in [1.82, 2.24) is 9.80 Å². The van der Waals surface area contributed by atoms with E-state index in [1.165, 1.54) is 6.26 Å². The number of carbonyl (C=O) groups excluding carboxylic acids is 1. The highest BCUT2D eigenvalue weighted by Gasteiger charge is 2.33. The predicted molar refractivity (Wildman–Crippen MR) is 137 cm³/mol. The van der Waals surface area contributed by atoms with Gasteiger partial charge in [0.05, 0.1) is 20.5 Å². The van der Waals surface area contributed by atoms with Crippen LogP contribution in [0.5, 0.6) is 11.5 Å². The van der Waals surface area contributed by atoms with Gasteiger partial charge in [0.1, 0.15) is 0 Å². The van der Waals surface area contributed by atoms with Crippen molar-refractivity contribution in [2.75, 3.05) is 34.4 Å². The Kier molecular flexibility index (Phi) is 8.37. The lowest BCUT2D eigenvalue weighted by atomic mass is 9.84. The highest BCUT2D eigenvalue weighted by atomic mass is 35.5. The first-order valence-electron chi connectivity index (χ1n) is 12.0. The summed E-state index contributed by atoms with van der Waals surface area (Å²) in [6, 6.07) is 17.4. The molecule has 6 nitrogen and oxygen atoms in total. The average Bonchev–Trinajstić information content (AvgIpc) is 3.43. The lowest BCUT2D eigenvalue weighted by Gasteiger charge is -2.40. The summed E-state index contributed by atoms with van der Waals surface area (Å²) in [6.45, 7) is 2.67. The van der Waals surface area contributed by atoms with Crippen molar-refractivity contribution < 1.29 is 18.7 Å². The number of methoxy groups -OCH3 is 2. The number of piperidine rings is 1. The Morgan fingerprint density at radius 3 is 2.46 bits per heavy atom. The van der Waals surface area contributed by atoms with E-state index in [0.717, 1.165) is 60.1 Å². The Balaban J connectivity index is 1.48. The minimum absolute atomic E-state index is 0.0148. The molecule has 2 heterocycles. The van der Waals surface area contributed by atoms with E-state index in [4.69, 9.17) is 25.5 Å². The van der Waals surface area contributed by atoms with Crippen LogP contribution < -0.4 is 9.47 Å². The zero-order valence-electron chi connectivity index (χ0n) is 20.6. The van der Waals surface area contributed by atoms with Gasteiger partial charge in [-0.3, -0.25) is 9.69 Å². The maximum atomic E-state index is 13.2. The molecule has 1 unspecified atom stereocenters. The van der Waals surface area contributed by atoms with Gasteiger partial charge < -0.3 is 18.8 Å². The van der Waals surface area contributed by atoms with E-state index in [1.807, 2.05) is 48.3 Å². The van der Waals surface area contributed by atoms with Gasteiger partial charge in [0, 0.05) is 30.2 Å². The van der Waals surface area contributed by atoms with E-state index >= 15 is 0 Å². The van der Waals surface area contributed by atoms with E-state index in [2.05, 4.69) is 11.0 Å². The second-order valence-corrected chi connectivity index (χ2v) is 9.43. The minimum Gasteiger partial charge on any atom is -0.493 e. The molecule has 0 N–H and O–H groups in total. The largest absolute Gasteiger partial charge is 0.493 e. The first kappa shape index (κ1) is 25.1. The first-order valence-corrected chi connectivity index (χ1v) is 12.4. The SMILES string of the molecule is COc1cccc(CN2CCC(C(Cc3ccccc3Cl)N(C)C(=O)c3ccco3)CC2)c1OC. The molecule has 1 saturated heterocycles.